The summed E-state index contributed by atoms with van der Waals surface area (Å²) in [5, 5.41) is 0. The number of carbonyl (C=O) groups excluding carboxylic acids is 1. The van der Waals surface area contributed by atoms with E-state index < -0.39 is 5.82 Å². The molecule has 0 aliphatic rings. The van der Waals surface area contributed by atoms with Gasteiger partial charge in [0.2, 0.25) is 11.8 Å². The van der Waals surface area contributed by atoms with E-state index in [-0.39, 0.29) is 17.5 Å². The summed E-state index contributed by atoms with van der Waals surface area (Å²) in [6.45, 7) is 2.67. The van der Waals surface area contributed by atoms with Crippen LogP contribution in [0.2, 0.25) is 0 Å². The molecule has 1 amide bonds. The van der Waals surface area contributed by atoms with Crippen LogP contribution in [-0.2, 0) is 4.79 Å². The second-order valence-electron chi connectivity index (χ2n) is 5.11. The van der Waals surface area contributed by atoms with Crippen molar-refractivity contribution in [1.82, 2.24) is 14.9 Å². The van der Waals surface area contributed by atoms with Gasteiger partial charge in [0.05, 0.1) is 12.4 Å². The van der Waals surface area contributed by atoms with Gasteiger partial charge >= 0.3 is 0 Å². The van der Waals surface area contributed by atoms with E-state index in [1.165, 1.54) is 25.3 Å². The SMILES string of the molecule is CC(=O)N(C)CCN(C)c1cncc(Oc2ccccc2F)n1. The van der Waals surface area contributed by atoms with E-state index >= 15 is 0 Å². The summed E-state index contributed by atoms with van der Waals surface area (Å²) in [6, 6.07) is 6.11. The van der Waals surface area contributed by atoms with Crippen molar-refractivity contribution in [2.24, 2.45) is 0 Å². The molecule has 122 valence electrons. The molecular weight excluding hydrogens is 299 g/mol. The normalized spacial score (nSPS) is 10.3. The minimum Gasteiger partial charge on any atom is -0.434 e. The van der Waals surface area contributed by atoms with Gasteiger partial charge in [-0.3, -0.25) is 9.78 Å². The van der Waals surface area contributed by atoms with Gasteiger partial charge in [0, 0.05) is 34.1 Å². The fourth-order valence-electron chi connectivity index (χ4n) is 1.78. The van der Waals surface area contributed by atoms with E-state index in [1.54, 1.807) is 30.3 Å². The molecule has 2 rings (SSSR count). The topological polar surface area (TPSA) is 58.6 Å². The van der Waals surface area contributed by atoms with Gasteiger partial charge in [-0.25, -0.2) is 4.39 Å². The highest BCUT2D eigenvalue weighted by Crippen LogP contribution is 2.23. The lowest BCUT2D eigenvalue weighted by Gasteiger charge is -2.22. The van der Waals surface area contributed by atoms with E-state index in [4.69, 9.17) is 4.74 Å². The molecule has 0 atom stereocenters. The Bertz CT molecular complexity index is 681. The smallest absolute Gasteiger partial charge is 0.239 e. The van der Waals surface area contributed by atoms with Gasteiger partial charge in [0.15, 0.2) is 17.4 Å². The Morgan fingerprint density at radius 3 is 2.65 bits per heavy atom. The summed E-state index contributed by atoms with van der Waals surface area (Å²) in [5.41, 5.74) is 0. The van der Waals surface area contributed by atoms with Gasteiger partial charge in [-0.1, -0.05) is 12.1 Å². The summed E-state index contributed by atoms with van der Waals surface area (Å²) in [6.07, 6.45) is 3.01. The predicted octanol–water partition coefficient (Wildman–Crippen LogP) is 2.32. The van der Waals surface area contributed by atoms with Crippen molar-refractivity contribution in [3.63, 3.8) is 0 Å². The Hall–Kier alpha value is -2.70. The minimum absolute atomic E-state index is 0.00104. The molecule has 0 aliphatic heterocycles. The van der Waals surface area contributed by atoms with Crippen molar-refractivity contribution < 1.29 is 13.9 Å². The number of nitrogens with zero attached hydrogens (tertiary/aromatic N) is 4. The number of hydrogen-bond acceptors (Lipinski definition) is 5. The molecule has 0 bridgehead atoms. The first-order chi connectivity index (χ1) is 11.0. The van der Waals surface area contributed by atoms with Crippen LogP contribution in [0.3, 0.4) is 0 Å². The molecule has 0 N–H and O–H groups in total. The maximum atomic E-state index is 13.6. The Morgan fingerprint density at radius 1 is 1.22 bits per heavy atom. The zero-order valence-corrected chi connectivity index (χ0v) is 13.4. The molecule has 1 aromatic heterocycles. The van der Waals surface area contributed by atoms with Gasteiger partial charge in [-0.15, -0.1) is 0 Å². The number of likely N-dealkylation sites (N-methyl/N-ethyl adjacent to an activating group) is 2. The van der Waals surface area contributed by atoms with Gasteiger partial charge in [0.25, 0.3) is 0 Å². The highest BCUT2D eigenvalue weighted by molar-refractivity contribution is 5.72. The van der Waals surface area contributed by atoms with Crippen molar-refractivity contribution in [3.05, 3.63) is 42.5 Å². The molecule has 0 saturated heterocycles. The molecule has 2 aromatic rings. The predicted molar refractivity (Wildman–Crippen MR) is 85.1 cm³/mol. The number of rotatable bonds is 6. The minimum atomic E-state index is -0.462. The lowest BCUT2D eigenvalue weighted by atomic mass is 10.3. The van der Waals surface area contributed by atoms with Gasteiger partial charge in [0.1, 0.15) is 0 Å². The van der Waals surface area contributed by atoms with Crippen LogP contribution in [0.5, 0.6) is 11.6 Å². The molecule has 23 heavy (non-hydrogen) atoms. The number of aromatic nitrogens is 2. The molecule has 7 heteroatoms. The maximum Gasteiger partial charge on any atom is 0.239 e. The van der Waals surface area contributed by atoms with Crippen LogP contribution < -0.4 is 9.64 Å². The Labute approximate surface area is 134 Å². The fraction of sp³-hybridized carbons (Fsp3) is 0.312. The number of benzene rings is 1. The van der Waals surface area contributed by atoms with Crippen LogP contribution in [0.25, 0.3) is 0 Å². The quantitative estimate of drug-likeness (QED) is 0.818. The van der Waals surface area contributed by atoms with Crippen molar-refractivity contribution in [2.75, 3.05) is 32.1 Å². The monoisotopic (exact) mass is 318 g/mol. The third-order valence-corrected chi connectivity index (χ3v) is 3.35. The van der Waals surface area contributed by atoms with Crippen molar-refractivity contribution in [3.8, 4) is 11.6 Å². The summed E-state index contributed by atoms with van der Waals surface area (Å²) in [7, 11) is 3.57. The third-order valence-electron chi connectivity index (χ3n) is 3.35. The Balaban J connectivity index is 2.04. The standard InChI is InChI=1S/C16H19FN4O2/c1-12(22)20(2)8-9-21(3)15-10-18-11-16(19-15)23-14-7-5-4-6-13(14)17/h4-7,10-11H,8-9H2,1-3H3. The molecule has 0 aliphatic carbocycles. The first-order valence-corrected chi connectivity index (χ1v) is 7.14. The molecule has 0 saturated carbocycles. The molecule has 1 aromatic carbocycles. The highest BCUT2D eigenvalue weighted by atomic mass is 19.1. The van der Waals surface area contributed by atoms with E-state index in [9.17, 15) is 9.18 Å². The van der Waals surface area contributed by atoms with Crippen LogP contribution >= 0.6 is 0 Å². The molecule has 0 unspecified atom stereocenters. The molecule has 0 radical (unpaired) electrons. The van der Waals surface area contributed by atoms with Crippen LogP contribution in [0, 0.1) is 5.82 Å². The van der Waals surface area contributed by atoms with Crippen molar-refractivity contribution in [1.29, 1.82) is 0 Å². The van der Waals surface area contributed by atoms with Gasteiger partial charge < -0.3 is 14.5 Å². The van der Waals surface area contributed by atoms with E-state index in [2.05, 4.69) is 9.97 Å². The number of halogens is 1. The molecular formula is C16H19FN4O2. The number of carbonyl (C=O) groups is 1. The zero-order chi connectivity index (χ0) is 16.8. The summed E-state index contributed by atoms with van der Waals surface area (Å²) in [4.78, 5) is 23.0. The molecule has 0 fully saturated rings. The first kappa shape index (κ1) is 16.7. The van der Waals surface area contributed by atoms with Crippen LogP contribution in [0.4, 0.5) is 10.2 Å². The lowest BCUT2D eigenvalue weighted by molar-refractivity contribution is -0.127. The van der Waals surface area contributed by atoms with Crippen molar-refractivity contribution >= 4 is 11.7 Å². The Kier molecular flexibility index (Phi) is 5.46. The van der Waals surface area contributed by atoms with Crippen molar-refractivity contribution in [2.45, 2.75) is 6.92 Å². The van der Waals surface area contributed by atoms with Gasteiger partial charge in [-0.2, -0.15) is 4.98 Å². The van der Waals surface area contributed by atoms with E-state index in [0.717, 1.165) is 0 Å². The maximum absolute atomic E-state index is 13.6. The number of anilines is 1. The van der Waals surface area contributed by atoms with Crippen LogP contribution in [0.15, 0.2) is 36.7 Å². The number of ether oxygens (including phenoxy) is 1. The average Bonchev–Trinajstić information content (AvgIpc) is 2.54. The second-order valence-corrected chi connectivity index (χ2v) is 5.11. The first-order valence-electron chi connectivity index (χ1n) is 7.14. The number of amides is 1. The Morgan fingerprint density at radius 2 is 1.96 bits per heavy atom. The lowest BCUT2D eigenvalue weighted by Crippen LogP contribution is -2.33. The molecule has 1 heterocycles. The van der Waals surface area contributed by atoms with E-state index in [1.807, 2.05) is 11.9 Å². The molecule has 6 nitrogen and oxygen atoms in total. The largest absolute Gasteiger partial charge is 0.434 e. The summed E-state index contributed by atoms with van der Waals surface area (Å²) < 4.78 is 19.0. The highest BCUT2D eigenvalue weighted by Gasteiger charge is 2.10. The number of para-hydroxylation sites is 1. The zero-order valence-electron chi connectivity index (χ0n) is 13.4. The third kappa shape index (κ3) is 4.64. The number of hydrogen-bond donors (Lipinski definition) is 0. The van der Waals surface area contributed by atoms with Gasteiger partial charge in [-0.05, 0) is 12.1 Å². The summed E-state index contributed by atoms with van der Waals surface area (Å²) in [5.74, 6) is 0.422. The molecule has 0 spiro atoms. The second kappa shape index (κ2) is 7.53. The van der Waals surface area contributed by atoms with Crippen LogP contribution in [0.1, 0.15) is 6.92 Å². The van der Waals surface area contributed by atoms with Crippen LogP contribution in [-0.4, -0.2) is 48.0 Å². The average molecular weight is 318 g/mol. The summed E-state index contributed by atoms with van der Waals surface area (Å²) >= 11 is 0. The fourth-order valence-corrected chi connectivity index (χ4v) is 1.78. The van der Waals surface area contributed by atoms with E-state index in [0.29, 0.717) is 18.9 Å².